The highest BCUT2D eigenvalue weighted by atomic mass is 19.4. The number of carbonyl (C=O) groups excluding carboxylic acids is 3. The lowest BCUT2D eigenvalue weighted by Crippen LogP contribution is -2.60. The molecule has 1 saturated heterocycles. The van der Waals surface area contributed by atoms with E-state index in [0.29, 0.717) is 0 Å². The number of carbonyl (C=O) groups is 3. The summed E-state index contributed by atoms with van der Waals surface area (Å²) >= 11 is 0. The van der Waals surface area contributed by atoms with Crippen LogP contribution in [0.5, 0.6) is 0 Å². The number of hydrogen-bond acceptors (Lipinski definition) is 3. The maximum Gasteiger partial charge on any atom is 0.460 e. The molecule has 1 aliphatic rings. The summed E-state index contributed by atoms with van der Waals surface area (Å²) in [4.78, 5) is 33.7. The molecule has 2 N–H and O–H groups in total. The number of barbiturate groups is 1. The summed E-state index contributed by atoms with van der Waals surface area (Å²) in [6.07, 6.45) is -9.85. The second-order valence-electron chi connectivity index (χ2n) is 6.16. The molecule has 0 saturated carbocycles. The minimum Gasteiger partial charge on any atom is -0.277 e. The van der Waals surface area contributed by atoms with E-state index >= 15 is 0 Å². The van der Waals surface area contributed by atoms with Crippen LogP contribution in [0.2, 0.25) is 0 Å². The Morgan fingerprint density at radius 3 is 1.61 bits per heavy atom. The Morgan fingerprint density at radius 2 is 1.14 bits per heavy atom. The molecule has 0 aromatic rings. The average molecular weight is 430 g/mol. The van der Waals surface area contributed by atoms with E-state index in [1.54, 1.807) is 0 Å². The molecule has 5 nitrogen and oxygen atoms in total. The van der Waals surface area contributed by atoms with Crippen molar-refractivity contribution in [2.75, 3.05) is 0 Å². The predicted molar refractivity (Wildman–Crippen MR) is 73.8 cm³/mol. The topological polar surface area (TPSA) is 75.3 Å². The van der Waals surface area contributed by atoms with Crippen LogP contribution >= 0.6 is 0 Å². The lowest BCUT2D eigenvalue weighted by atomic mass is 9.95. The van der Waals surface area contributed by atoms with Crippen LogP contribution in [-0.2, 0) is 9.59 Å². The molecule has 0 spiro atoms. The first-order valence-corrected chi connectivity index (χ1v) is 7.90. The van der Waals surface area contributed by atoms with Gasteiger partial charge in [0.25, 0.3) is 0 Å². The predicted octanol–water partition coefficient (Wildman–Crippen LogP) is 3.78. The van der Waals surface area contributed by atoms with Crippen LogP contribution in [-0.4, -0.2) is 41.8 Å². The molecule has 0 radical (unpaired) electrons. The number of nitrogens with one attached hydrogen (secondary N) is 2. The molecule has 0 aliphatic carbocycles. The highest BCUT2D eigenvalue weighted by Gasteiger charge is 2.81. The van der Waals surface area contributed by atoms with Crippen LogP contribution in [0, 0.1) is 5.92 Å². The average Bonchev–Trinajstić information content (AvgIpc) is 2.50. The Balaban J connectivity index is 2.47. The summed E-state index contributed by atoms with van der Waals surface area (Å²) in [7, 11) is 0. The molecule has 0 atom stereocenters. The number of hydrogen-bond donors (Lipinski definition) is 2. The van der Waals surface area contributed by atoms with Gasteiger partial charge in [0.05, 0.1) is 0 Å². The number of amides is 4. The van der Waals surface area contributed by atoms with E-state index in [1.165, 1.54) is 0 Å². The van der Waals surface area contributed by atoms with Crippen molar-refractivity contribution in [1.29, 1.82) is 0 Å². The van der Waals surface area contributed by atoms with Crippen LogP contribution in [0.25, 0.3) is 0 Å². The van der Waals surface area contributed by atoms with Gasteiger partial charge in [-0.3, -0.25) is 20.2 Å². The van der Waals surface area contributed by atoms with Crippen LogP contribution in [0.3, 0.4) is 0 Å². The van der Waals surface area contributed by atoms with Crippen LogP contribution in [0.15, 0.2) is 0 Å². The summed E-state index contributed by atoms with van der Waals surface area (Å²) in [5.74, 6) is -22.1. The molecule has 0 unspecified atom stereocenters. The van der Waals surface area contributed by atoms with E-state index < -0.39 is 60.5 Å². The van der Waals surface area contributed by atoms with Gasteiger partial charge in [0.15, 0.2) is 0 Å². The standard InChI is InChI=1S/C14H15F9N2O3/c15-11(16,12(17,18)13(19,20)14(21,22)23)6-4-2-1-3-5-7-8(26)24-10(28)25-9(7)27/h7H,1-6H2,(H2,24,25,26,27,28). The van der Waals surface area contributed by atoms with E-state index in [-0.39, 0.29) is 25.7 Å². The summed E-state index contributed by atoms with van der Waals surface area (Å²) in [5, 5.41) is 3.64. The fraction of sp³-hybridized carbons (Fsp3) is 0.786. The summed E-state index contributed by atoms with van der Waals surface area (Å²) in [5.41, 5.74) is 0. The molecule has 1 heterocycles. The summed E-state index contributed by atoms with van der Waals surface area (Å²) in [6, 6.07) is -1.01. The van der Waals surface area contributed by atoms with Gasteiger partial charge >= 0.3 is 30.0 Å². The lowest BCUT2D eigenvalue weighted by Gasteiger charge is -2.33. The number of halogens is 9. The third-order valence-corrected chi connectivity index (χ3v) is 4.05. The first-order chi connectivity index (χ1) is 12.5. The van der Waals surface area contributed by atoms with Crippen molar-refractivity contribution >= 4 is 17.8 Å². The van der Waals surface area contributed by atoms with Gasteiger partial charge in [-0.25, -0.2) is 4.79 Å². The molecular formula is C14H15F9N2O3. The second kappa shape index (κ2) is 8.15. The van der Waals surface area contributed by atoms with Gasteiger partial charge in [0, 0.05) is 6.42 Å². The number of alkyl halides is 9. The normalized spacial score (nSPS) is 17.5. The number of urea groups is 1. The minimum atomic E-state index is -6.90. The largest absolute Gasteiger partial charge is 0.460 e. The zero-order valence-electron chi connectivity index (χ0n) is 13.9. The van der Waals surface area contributed by atoms with Crippen molar-refractivity contribution in [2.24, 2.45) is 5.92 Å². The molecule has 0 aromatic heterocycles. The monoisotopic (exact) mass is 430 g/mol. The second-order valence-corrected chi connectivity index (χ2v) is 6.16. The molecule has 0 aromatic carbocycles. The summed E-state index contributed by atoms with van der Waals surface area (Å²) < 4.78 is 114. The SMILES string of the molecule is O=C1NC(=O)C(CCCCCCC(F)(F)C(F)(F)C(F)(F)C(F)(F)F)C(=O)N1. The van der Waals surface area contributed by atoms with Crippen molar-refractivity contribution in [2.45, 2.75) is 62.5 Å². The Morgan fingerprint density at radius 1 is 0.679 bits per heavy atom. The molecule has 4 amide bonds. The molecular weight excluding hydrogens is 415 g/mol. The third-order valence-electron chi connectivity index (χ3n) is 4.05. The van der Waals surface area contributed by atoms with Gasteiger partial charge in [-0.2, -0.15) is 39.5 Å². The Bertz CT molecular complexity index is 600. The van der Waals surface area contributed by atoms with Crippen LogP contribution in [0.4, 0.5) is 44.3 Å². The quantitative estimate of drug-likeness (QED) is 0.332. The van der Waals surface area contributed by atoms with Crippen molar-refractivity contribution in [3.05, 3.63) is 0 Å². The molecule has 1 rings (SSSR count). The van der Waals surface area contributed by atoms with Gasteiger partial charge in [-0.1, -0.05) is 19.3 Å². The van der Waals surface area contributed by atoms with Crippen molar-refractivity contribution in [1.82, 2.24) is 10.6 Å². The zero-order chi connectivity index (χ0) is 22.0. The van der Waals surface area contributed by atoms with Gasteiger partial charge in [0.1, 0.15) is 5.92 Å². The molecule has 1 fully saturated rings. The molecule has 14 heteroatoms. The first kappa shape index (κ1) is 24.0. The van der Waals surface area contributed by atoms with Gasteiger partial charge < -0.3 is 0 Å². The zero-order valence-corrected chi connectivity index (χ0v) is 13.9. The summed E-state index contributed by atoms with van der Waals surface area (Å²) in [6.45, 7) is 0. The van der Waals surface area contributed by atoms with Crippen LogP contribution < -0.4 is 10.6 Å². The maximum atomic E-state index is 13.3. The van der Waals surface area contributed by atoms with Gasteiger partial charge in [-0.05, 0) is 12.8 Å². The molecule has 28 heavy (non-hydrogen) atoms. The Labute approximate surface area is 152 Å². The highest BCUT2D eigenvalue weighted by Crippen LogP contribution is 2.54. The van der Waals surface area contributed by atoms with Crippen molar-refractivity contribution in [3.8, 4) is 0 Å². The van der Waals surface area contributed by atoms with Crippen LogP contribution in [0.1, 0.15) is 38.5 Å². The van der Waals surface area contributed by atoms with E-state index in [1.807, 2.05) is 10.6 Å². The van der Waals surface area contributed by atoms with E-state index in [0.717, 1.165) is 0 Å². The van der Waals surface area contributed by atoms with Gasteiger partial charge in [-0.15, -0.1) is 0 Å². The fourth-order valence-electron chi connectivity index (χ4n) is 2.42. The highest BCUT2D eigenvalue weighted by molar-refractivity contribution is 6.16. The Kier molecular flexibility index (Phi) is 6.99. The molecule has 162 valence electrons. The van der Waals surface area contributed by atoms with Crippen molar-refractivity contribution < 1.29 is 53.9 Å². The Hall–Kier alpha value is -2.02. The van der Waals surface area contributed by atoms with E-state index in [4.69, 9.17) is 0 Å². The van der Waals surface area contributed by atoms with E-state index in [9.17, 15) is 53.9 Å². The maximum absolute atomic E-state index is 13.3. The third kappa shape index (κ3) is 4.87. The first-order valence-electron chi connectivity index (χ1n) is 7.90. The number of unbranched alkanes of at least 4 members (excludes halogenated alkanes) is 3. The number of rotatable bonds is 9. The molecule has 1 aliphatic heterocycles. The lowest BCUT2D eigenvalue weighted by molar-refractivity contribution is -0.396. The van der Waals surface area contributed by atoms with Gasteiger partial charge in [0.2, 0.25) is 11.8 Å². The molecule has 0 bridgehead atoms. The van der Waals surface area contributed by atoms with Crippen molar-refractivity contribution in [3.63, 3.8) is 0 Å². The number of imide groups is 2. The smallest absolute Gasteiger partial charge is 0.277 e. The van der Waals surface area contributed by atoms with E-state index in [2.05, 4.69) is 0 Å². The fourth-order valence-corrected chi connectivity index (χ4v) is 2.42. The minimum absolute atomic E-state index is 0.00230.